The summed E-state index contributed by atoms with van der Waals surface area (Å²) in [4.78, 5) is 10.7. The molecule has 0 aromatic rings. The number of amides is 1. The van der Waals surface area contributed by atoms with Crippen molar-refractivity contribution < 1.29 is 13.2 Å². The summed E-state index contributed by atoms with van der Waals surface area (Å²) in [5.74, 6) is -0.160. The van der Waals surface area contributed by atoms with Crippen LogP contribution >= 0.6 is 0 Å². The van der Waals surface area contributed by atoms with Gasteiger partial charge in [-0.05, 0) is 12.8 Å². The van der Waals surface area contributed by atoms with E-state index in [0.29, 0.717) is 19.3 Å². The lowest BCUT2D eigenvalue weighted by atomic mass is 10.2. The number of hydrogen-bond acceptors (Lipinski definition) is 3. The van der Waals surface area contributed by atoms with Crippen LogP contribution in [0.2, 0.25) is 0 Å². The predicted molar refractivity (Wildman–Crippen MR) is 40.6 cm³/mol. The maximum absolute atomic E-state index is 10.9. The first-order valence-electron chi connectivity index (χ1n) is 3.48. The third kappa shape index (κ3) is 2.18. The van der Waals surface area contributed by atoms with Crippen LogP contribution < -0.4 is 5.32 Å². The van der Waals surface area contributed by atoms with Crippen LogP contribution in [-0.2, 0) is 14.6 Å². The normalized spacial score (nSPS) is 26.3. The van der Waals surface area contributed by atoms with E-state index in [2.05, 4.69) is 5.32 Å². The quantitative estimate of drug-likeness (QED) is 0.596. The summed E-state index contributed by atoms with van der Waals surface area (Å²) in [5.41, 5.74) is 0. The lowest BCUT2D eigenvalue weighted by Crippen LogP contribution is -2.43. The second-order valence-corrected chi connectivity index (χ2v) is 5.01. The zero-order chi connectivity index (χ0) is 8.48. The molecule has 4 nitrogen and oxygen atoms in total. The highest BCUT2D eigenvalue weighted by molar-refractivity contribution is 7.91. The molecule has 1 aliphatic rings. The highest BCUT2D eigenvalue weighted by Crippen LogP contribution is 2.11. The van der Waals surface area contributed by atoms with Crippen LogP contribution in [0.15, 0.2) is 0 Å². The van der Waals surface area contributed by atoms with E-state index in [1.165, 1.54) is 0 Å². The van der Waals surface area contributed by atoms with Crippen molar-refractivity contribution in [3.8, 4) is 0 Å². The molecular formula is C6H11NO3S. The van der Waals surface area contributed by atoms with Gasteiger partial charge in [0.1, 0.15) is 5.37 Å². The standard InChI is InChI=1S/C6H11NO3S/c1-11(9,10)6-4-2-3-5(8)7-6/h6H,2-4H2,1H3,(H,7,8)/t6-/m1/s1. The molecule has 0 saturated carbocycles. The number of piperidine rings is 1. The fraction of sp³-hybridized carbons (Fsp3) is 0.833. The van der Waals surface area contributed by atoms with Crippen LogP contribution in [0, 0.1) is 0 Å². The van der Waals surface area contributed by atoms with Gasteiger partial charge in [-0.1, -0.05) is 0 Å². The summed E-state index contributed by atoms with van der Waals surface area (Å²) in [5, 5.41) is 1.78. The molecule has 11 heavy (non-hydrogen) atoms. The van der Waals surface area contributed by atoms with Crippen LogP contribution in [-0.4, -0.2) is 26.0 Å². The molecule has 5 heteroatoms. The van der Waals surface area contributed by atoms with Crippen LogP contribution in [0.4, 0.5) is 0 Å². The average Bonchev–Trinajstić information content (AvgIpc) is 1.86. The van der Waals surface area contributed by atoms with Gasteiger partial charge in [-0.3, -0.25) is 4.79 Å². The zero-order valence-corrected chi connectivity index (χ0v) is 7.15. The highest BCUT2D eigenvalue weighted by atomic mass is 32.2. The van der Waals surface area contributed by atoms with Crippen LogP contribution in [0.5, 0.6) is 0 Å². The monoisotopic (exact) mass is 177 g/mol. The molecule has 1 atom stereocenters. The van der Waals surface area contributed by atoms with Gasteiger partial charge in [0.05, 0.1) is 0 Å². The molecular weight excluding hydrogens is 166 g/mol. The van der Waals surface area contributed by atoms with E-state index < -0.39 is 15.2 Å². The summed E-state index contributed by atoms with van der Waals surface area (Å²) in [6.07, 6.45) is 2.81. The van der Waals surface area contributed by atoms with Crippen molar-refractivity contribution in [1.29, 1.82) is 0 Å². The van der Waals surface area contributed by atoms with Gasteiger partial charge < -0.3 is 5.32 Å². The minimum atomic E-state index is -3.09. The number of sulfone groups is 1. The smallest absolute Gasteiger partial charge is 0.221 e. The van der Waals surface area contributed by atoms with Crippen molar-refractivity contribution in [2.24, 2.45) is 0 Å². The van der Waals surface area contributed by atoms with E-state index in [0.717, 1.165) is 6.26 Å². The van der Waals surface area contributed by atoms with Crippen molar-refractivity contribution in [2.75, 3.05) is 6.26 Å². The second-order valence-electron chi connectivity index (χ2n) is 2.78. The first-order valence-corrected chi connectivity index (χ1v) is 5.44. The Kier molecular flexibility index (Phi) is 2.17. The molecule has 0 spiro atoms. The molecule has 1 heterocycles. The lowest BCUT2D eigenvalue weighted by Gasteiger charge is -2.20. The first-order chi connectivity index (χ1) is 5.00. The molecule has 0 aliphatic carbocycles. The largest absolute Gasteiger partial charge is 0.340 e. The first kappa shape index (κ1) is 8.52. The Hall–Kier alpha value is -0.580. The fourth-order valence-electron chi connectivity index (χ4n) is 1.09. The Morgan fingerprint density at radius 3 is 2.55 bits per heavy atom. The number of rotatable bonds is 1. The fourth-order valence-corrected chi connectivity index (χ4v) is 2.03. The average molecular weight is 177 g/mol. The van der Waals surface area contributed by atoms with Gasteiger partial charge in [0.15, 0.2) is 9.84 Å². The topological polar surface area (TPSA) is 63.2 Å². The molecule has 1 fully saturated rings. The molecule has 64 valence electrons. The van der Waals surface area contributed by atoms with Crippen LogP contribution in [0.1, 0.15) is 19.3 Å². The van der Waals surface area contributed by atoms with Crippen molar-refractivity contribution in [3.05, 3.63) is 0 Å². The number of carbonyl (C=O) groups is 1. The highest BCUT2D eigenvalue weighted by Gasteiger charge is 2.25. The van der Waals surface area contributed by atoms with E-state index in [4.69, 9.17) is 0 Å². The van der Waals surface area contributed by atoms with Crippen LogP contribution in [0.25, 0.3) is 0 Å². The number of nitrogens with one attached hydrogen (secondary N) is 1. The second kappa shape index (κ2) is 2.81. The van der Waals surface area contributed by atoms with Gasteiger partial charge in [-0.2, -0.15) is 0 Å². The Balaban J connectivity index is 2.68. The van der Waals surface area contributed by atoms with Gasteiger partial charge in [-0.25, -0.2) is 8.42 Å². The van der Waals surface area contributed by atoms with Crippen molar-refractivity contribution in [3.63, 3.8) is 0 Å². The van der Waals surface area contributed by atoms with Crippen molar-refractivity contribution >= 4 is 15.7 Å². The lowest BCUT2D eigenvalue weighted by molar-refractivity contribution is -0.122. The maximum atomic E-state index is 10.9. The number of carbonyl (C=O) groups excluding carboxylic acids is 1. The van der Waals surface area contributed by atoms with E-state index in [1.54, 1.807) is 0 Å². The van der Waals surface area contributed by atoms with Crippen molar-refractivity contribution in [2.45, 2.75) is 24.6 Å². The van der Waals surface area contributed by atoms with Gasteiger partial charge in [0.2, 0.25) is 5.91 Å². The maximum Gasteiger partial charge on any atom is 0.221 e. The molecule has 1 aliphatic heterocycles. The Morgan fingerprint density at radius 2 is 2.18 bits per heavy atom. The molecule has 0 radical (unpaired) electrons. The predicted octanol–water partition coefficient (Wildman–Crippen LogP) is -0.343. The SMILES string of the molecule is CS(=O)(=O)[C@@H]1CCCC(=O)N1. The molecule has 0 unspecified atom stereocenters. The summed E-state index contributed by atoms with van der Waals surface area (Å²) in [7, 11) is -3.09. The molecule has 0 aromatic carbocycles. The summed E-state index contributed by atoms with van der Waals surface area (Å²) < 4.78 is 21.8. The van der Waals surface area contributed by atoms with Gasteiger partial charge in [0, 0.05) is 12.7 Å². The van der Waals surface area contributed by atoms with Gasteiger partial charge in [0.25, 0.3) is 0 Å². The third-order valence-corrected chi connectivity index (χ3v) is 3.10. The molecule has 0 bridgehead atoms. The summed E-state index contributed by atoms with van der Waals surface area (Å²) in [6.45, 7) is 0. The Morgan fingerprint density at radius 1 is 1.55 bits per heavy atom. The molecule has 1 saturated heterocycles. The van der Waals surface area contributed by atoms with E-state index in [-0.39, 0.29) is 5.91 Å². The van der Waals surface area contributed by atoms with Crippen LogP contribution in [0.3, 0.4) is 0 Å². The Labute approximate surface area is 65.9 Å². The minimum absolute atomic E-state index is 0.160. The molecule has 1 rings (SSSR count). The summed E-state index contributed by atoms with van der Waals surface area (Å²) in [6, 6.07) is 0. The van der Waals surface area contributed by atoms with Gasteiger partial charge in [-0.15, -0.1) is 0 Å². The van der Waals surface area contributed by atoms with Gasteiger partial charge >= 0.3 is 0 Å². The molecule has 1 amide bonds. The van der Waals surface area contributed by atoms with E-state index in [9.17, 15) is 13.2 Å². The molecule has 0 aromatic heterocycles. The van der Waals surface area contributed by atoms with Crippen molar-refractivity contribution in [1.82, 2.24) is 5.32 Å². The zero-order valence-electron chi connectivity index (χ0n) is 6.33. The number of hydrogen-bond donors (Lipinski definition) is 1. The van der Waals surface area contributed by atoms with E-state index >= 15 is 0 Å². The minimum Gasteiger partial charge on any atom is -0.340 e. The Bertz CT molecular complexity index is 257. The van der Waals surface area contributed by atoms with E-state index in [1.807, 2.05) is 0 Å². The third-order valence-electron chi connectivity index (χ3n) is 1.71. The molecule has 1 N–H and O–H groups in total. The summed E-state index contributed by atoms with van der Waals surface area (Å²) >= 11 is 0.